The van der Waals surface area contributed by atoms with E-state index in [4.69, 9.17) is 5.73 Å². The highest BCUT2D eigenvalue weighted by molar-refractivity contribution is 5.85. The zero-order valence-corrected chi connectivity index (χ0v) is 13.0. The van der Waals surface area contributed by atoms with Crippen molar-refractivity contribution in [3.05, 3.63) is 42.0 Å². The average molecular weight is 315 g/mol. The van der Waals surface area contributed by atoms with Crippen LogP contribution >= 0.6 is 24.8 Å². The van der Waals surface area contributed by atoms with Crippen LogP contribution < -0.4 is 11.1 Å². The summed E-state index contributed by atoms with van der Waals surface area (Å²) in [4.78, 5) is 0. The highest BCUT2D eigenvalue weighted by Crippen LogP contribution is 2.19. The van der Waals surface area contributed by atoms with Gasteiger partial charge in [0.2, 0.25) is 0 Å². The lowest BCUT2D eigenvalue weighted by Crippen LogP contribution is -2.10. The van der Waals surface area contributed by atoms with Crippen LogP contribution in [0.5, 0.6) is 0 Å². The van der Waals surface area contributed by atoms with Crippen molar-refractivity contribution in [2.75, 3.05) is 18.4 Å². The van der Waals surface area contributed by atoms with Gasteiger partial charge < -0.3 is 11.1 Å². The number of nitrogens with one attached hydrogen (secondary N) is 1. The van der Waals surface area contributed by atoms with Gasteiger partial charge in [-0.05, 0) is 31.5 Å². The van der Waals surface area contributed by atoms with Gasteiger partial charge in [0.1, 0.15) is 0 Å². The minimum absolute atomic E-state index is 0. The predicted octanol–water partition coefficient (Wildman–Crippen LogP) is 3.06. The number of anilines is 1. The molecule has 0 amide bonds. The van der Waals surface area contributed by atoms with Gasteiger partial charge >= 0.3 is 0 Å². The van der Waals surface area contributed by atoms with E-state index in [-0.39, 0.29) is 24.8 Å². The first-order valence-corrected chi connectivity index (χ1v) is 6.15. The van der Waals surface area contributed by atoms with E-state index in [2.05, 4.69) is 15.5 Å². The molecule has 4 nitrogen and oxygen atoms in total. The summed E-state index contributed by atoms with van der Waals surface area (Å²) in [6.07, 6.45) is 0.932. The zero-order valence-electron chi connectivity index (χ0n) is 11.4. The molecule has 2 rings (SSSR count). The fraction of sp³-hybridized carbons (Fsp3) is 0.286. The van der Waals surface area contributed by atoms with Crippen molar-refractivity contribution in [2.24, 2.45) is 5.73 Å². The summed E-state index contributed by atoms with van der Waals surface area (Å²) in [5.74, 6) is 0.836. The molecule has 0 saturated carbocycles. The number of benzene rings is 1. The molecular weight excluding hydrogens is 295 g/mol. The molecule has 20 heavy (non-hydrogen) atoms. The second-order valence-corrected chi connectivity index (χ2v) is 4.20. The largest absolute Gasteiger partial charge is 0.368 e. The summed E-state index contributed by atoms with van der Waals surface area (Å²) >= 11 is 0. The average Bonchev–Trinajstić information content (AvgIpc) is 2.42. The maximum absolute atomic E-state index is 5.45. The first-order valence-electron chi connectivity index (χ1n) is 6.15. The van der Waals surface area contributed by atoms with E-state index in [0.717, 1.165) is 35.6 Å². The van der Waals surface area contributed by atoms with E-state index in [0.29, 0.717) is 6.54 Å². The molecule has 0 unspecified atom stereocenters. The van der Waals surface area contributed by atoms with Crippen molar-refractivity contribution in [3.8, 4) is 11.3 Å². The third-order valence-electron chi connectivity index (χ3n) is 2.73. The van der Waals surface area contributed by atoms with Crippen LogP contribution in [0, 0.1) is 6.92 Å². The van der Waals surface area contributed by atoms with Crippen LogP contribution in [0.15, 0.2) is 36.4 Å². The molecule has 0 atom stereocenters. The second kappa shape index (κ2) is 9.53. The fourth-order valence-corrected chi connectivity index (χ4v) is 1.72. The van der Waals surface area contributed by atoms with Crippen molar-refractivity contribution in [1.82, 2.24) is 10.2 Å². The molecule has 1 aromatic carbocycles. The number of halogens is 2. The molecule has 0 radical (unpaired) electrons. The Morgan fingerprint density at radius 3 is 2.40 bits per heavy atom. The van der Waals surface area contributed by atoms with Crippen molar-refractivity contribution >= 4 is 30.6 Å². The van der Waals surface area contributed by atoms with E-state index in [1.165, 1.54) is 0 Å². The van der Waals surface area contributed by atoms with Gasteiger partial charge in [-0.2, -0.15) is 0 Å². The van der Waals surface area contributed by atoms with E-state index < -0.39 is 0 Å². The Kier molecular flexibility index (Phi) is 8.88. The fourth-order valence-electron chi connectivity index (χ4n) is 1.72. The lowest BCUT2D eigenvalue weighted by atomic mass is 10.1. The van der Waals surface area contributed by atoms with Crippen molar-refractivity contribution in [1.29, 1.82) is 0 Å². The molecule has 0 bridgehead atoms. The first kappa shape index (κ1) is 18.6. The van der Waals surface area contributed by atoms with Gasteiger partial charge in [0.05, 0.1) is 5.69 Å². The monoisotopic (exact) mass is 314 g/mol. The minimum Gasteiger partial charge on any atom is -0.368 e. The predicted molar refractivity (Wildman–Crippen MR) is 88.9 cm³/mol. The summed E-state index contributed by atoms with van der Waals surface area (Å²) in [6.45, 7) is 3.55. The van der Waals surface area contributed by atoms with Crippen LogP contribution in [0.3, 0.4) is 0 Å². The summed E-state index contributed by atoms with van der Waals surface area (Å²) < 4.78 is 0. The van der Waals surface area contributed by atoms with Crippen LogP contribution in [0.1, 0.15) is 12.0 Å². The molecule has 0 spiro atoms. The van der Waals surface area contributed by atoms with Crippen molar-refractivity contribution in [2.45, 2.75) is 13.3 Å². The highest BCUT2D eigenvalue weighted by Gasteiger charge is 2.04. The van der Waals surface area contributed by atoms with Crippen LogP contribution in [-0.2, 0) is 0 Å². The second-order valence-electron chi connectivity index (χ2n) is 4.20. The Bertz CT molecular complexity index is 506. The molecular formula is C14H20Cl2N4. The molecule has 3 N–H and O–H groups in total. The van der Waals surface area contributed by atoms with Gasteiger partial charge in [0, 0.05) is 12.1 Å². The van der Waals surface area contributed by atoms with Crippen molar-refractivity contribution in [3.63, 3.8) is 0 Å². The van der Waals surface area contributed by atoms with Gasteiger partial charge in [-0.3, -0.25) is 0 Å². The lowest BCUT2D eigenvalue weighted by Gasteiger charge is -2.08. The maximum Gasteiger partial charge on any atom is 0.151 e. The Labute approximate surface area is 132 Å². The van der Waals surface area contributed by atoms with E-state index >= 15 is 0 Å². The molecule has 6 heteroatoms. The van der Waals surface area contributed by atoms with Crippen LogP contribution in [0.2, 0.25) is 0 Å². The van der Waals surface area contributed by atoms with E-state index in [1.54, 1.807) is 0 Å². The number of aryl methyl sites for hydroxylation is 1. The summed E-state index contributed by atoms with van der Waals surface area (Å²) in [7, 11) is 0. The summed E-state index contributed by atoms with van der Waals surface area (Å²) in [5, 5.41) is 11.7. The van der Waals surface area contributed by atoms with Gasteiger partial charge in [-0.25, -0.2) is 0 Å². The highest BCUT2D eigenvalue weighted by atomic mass is 35.5. The quantitative estimate of drug-likeness (QED) is 0.833. The zero-order chi connectivity index (χ0) is 12.8. The van der Waals surface area contributed by atoms with E-state index in [1.807, 2.05) is 43.3 Å². The Morgan fingerprint density at radius 1 is 1.10 bits per heavy atom. The standard InChI is InChI=1S/C14H18N4.2ClH/c1-11-10-13(12-6-3-2-4-7-12)17-18-14(11)16-9-5-8-15;;/h2-4,6-7,10H,5,8-9,15H2,1H3,(H,16,18);2*1H. The lowest BCUT2D eigenvalue weighted by molar-refractivity contribution is 0.862. The normalized spacial score (nSPS) is 9.30. The molecule has 0 aliphatic heterocycles. The smallest absolute Gasteiger partial charge is 0.151 e. The maximum atomic E-state index is 5.45. The third-order valence-corrected chi connectivity index (χ3v) is 2.73. The molecule has 0 aliphatic rings. The molecule has 0 aliphatic carbocycles. The molecule has 0 saturated heterocycles. The third kappa shape index (κ3) is 4.96. The Balaban J connectivity index is 0.00000180. The van der Waals surface area contributed by atoms with E-state index in [9.17, 15) is 0 Å². The molecule has 0 fully saturated rings. The molecule has 2 aromatic rings. The number of nitrogens with zero attached hydrogens (tertiary/aromatic N) is 2. The SMILES string of the molecule is Cc1cc(-c2ccccc2)nnc1NCCCN.Cl.Cl. The Morgan fingerprint density at radius 2 is 1.80 bits per heavy atom. The molecule has 110 valence electrons. The number of hydrogen-bond donors (Lipinski definition) is 2. The number of hydrogen-bond acceptors (Lipinski definition) is 4. The summed E-state index contributed by atoms with van der Waals surface area (Å²) in [5.41, 5.74) is 8.54. The van der Waals surface area contributed by atoms with Gasteiger partial charge in [-0.1, -0.05) is 30.3 Å². The Hall–Kier alpha value is -1.36. The number of nitrogens with two attached hydrogens (primary N) is 1. The molecule has 1 aromatic heterocycles. The number of rotatable bonds is 5. The minimum atomic E-state index is 0. The van der Waals surface area contributed by atoms with Crippen LogP contribution in [-0.4, -0.2) is 23.3 Å². The van der Waals surface area contributed by atoms with Gasteiger partial charge in [-0.15, -0.1) is 35.0 Å². The summed E-state index contributed by atoms with van der Waals surface area (Å²) in [6, 6.07) is 12.1. The van der Waals surface area contributed by atoms with Crippen LogP contribution in [0.25, 0.3) is 11.3 Å². The topological polar surface area (TPSA) is 63.8 Å². The first-order chi connectivity index (χ1) is 8.81. The number of aromatic nitrogens is 2. The molecule has 1 heterocycles. The van der Waals surface area contributed by atoms with Crippen LogP contribution in [0.4, 0.5) is 5.82 Å². The van der Waals surface area contributed by atoms with Gasteiger partial charge in [0.15, 0.2) is 5.82 Å². The van der Waals surface area contributed by atoms with Crippen molar-refractivity contribution < 1.29 is 0 Å². The van der Waals surface area contributed by atoms with Gasteiger partial charge in [0.25, 0.3) is 0 Å².